The van der Waals surface area contributed by atoms with Crippen molar-refractivity contribution in [1.82, 2.24) is 19.6 Å². The Hall–Kier alpha value is -1.01. The molecular weight excluding hydrogens is 308 g/mol. The highest BCUT2D eigenvalue weighted by atomic mass is 16.6. The minimum atomic E-state index is -0.267. The molecule has 0 aromatic carbocycles. The van der Waals surface area contributed by atoms with Gasteiger partial charge in [-0.2, -0.15) is 0 Å². The van der Waals surface area contributed by atoms with Gasteiger partial charge >= 0.3 is 6.03 Å². The number of fused-ring (bicyclic) bond motifs is 2. The molecule has 10 nitrogen and oxygen atoms in total. The minimum Gasteiger partial charge on any atom is -0.369 e. The monoisotopic (exact) mass is 332 g/mol. The van der Waals surface area contributed by atoms with Gasteiger partial charge in [0.1, 0.15) is 39.3 Å². The fourth-order valence-electron chi connectivity index (χ4n) is 3.44. The molecule has 0 N–H and O–H groups in total. The highest BCUT2D eigenvalue weighted by Gasteiger charge is 2.65. The first-order valence-electron chi connectivity index (χ1n) is 7.39. The second-order valence-electron chi connectivity index (χ2n) is 5.67. The van der Waals surface area contributed by atoms with Gasteiger partial charge in [0.15, 0.2) is 12.5 Å². The summed E-state index contributed by atoms with van der Waals surface area (Å²) in [6.07, 6.45) is -0.782. The van der Waals surface area contributed by atoms with E-state index >= 15 is 0 Å². The van der Waals surface area contributed by atoms with Crippen molar-refractivity contribution in [3.05, 3.63) is 0 Å². The lowest BCUT2D eigenvalue weighted by atomic mass is 10.2. The van der Waals surface area contributed by atoms with Crippen LogP contribution in [0.1, 0.15) is 0 Å². The number of amides is 2. The van der Waals surface area contributed by atoms with Crippen LogP contribution in [-0.2, 0) is 23.7 Å². The number of epoxide rings is 1. The van der Waals surface area contributed by atoms with Crippen molar-refractivity contribution in [2.24, 2.45) is 0 Å². The number of hydrogen-bond acceptors (Lipinski definition) is 8. The van der Waals surface area contributed by atoms with Gasteiger partial charge in [-0.25, -0.2) is 14.6 Å². The number of methoxy groups -OCH3 is 4. The lowest BCUT2D eigenvalue weighted by Crippen LogP contribution is -2.64. The molecule has 132 valence electrons. The highest BCUT2D eigenvalue weighted by molar-refractivity contribution is 5.77. The smallest absolute Gasteiger partial charge is 0.326 e. The number of carbonyl (C=O) groups is 1. The van der Waals surface area contributed by atoms with Gasteiger partial charge in [0.05, 0.1) is 0 Å². The molecule has 10 heteroatoms. The molecule has 0 spiro atoms. The van der Waals surface area contributed by atoms with Crippen LogP contribution in [0.15, 0.2) is 0 Å². The fourth-order valence-corrected chi connectivity index (χ4v) is 3.44. The van der Waals surface area contributed by atoms with E-state index in [0.29, 0.717) is 13.5 Å². The molecule has 3 aliphatic heterocycles. The maximum absolute atomic E-state index is 12.8. The summed E-state index contributed by atoms with van der Waals surface area (Å²) >= 11 is 0. The Bertz CT molecular complexity index is 405. The van der Waals surface area contributed by atoms with Gasteiger partial charge in [-0.3, -0.25) is 9.80 Å². The van der Waals surface area contributed by atoms with E-state index in [0.717, 1.165) is 0 Å². The van der Waals surface area contributed by atoms with Gasteiger partial charge in [0, 0.05) is 28.4 Å². The van der Waals surface area contributed by atoms with Crippen LogP contribution < -0.4 is 0 Å². The van der Waals surface area contributed by atoms with Gasteiger partial charge < -0.3 is 23.7 Å². The van der Waals surface area contributed by atoms with E-state index in [9.17, 15) is 4.79 Å². The van der Waals surface area contributed by atoms with Crippen molar-refractivity contribution in [1.29, 1.82) is 0 Å². The van der Waals surface area contributed by atoms with E-state index in [1.54, 1.807) is 38.2 Å². The molecule has 3 fully saturated rings. The van der Waals surface area contributed by atoms with E-state index < -0.39 is 0 Å². The molecule has 3 aliphatic rings. The first kappa shape index (κ1) is 16.8. The largest absolute Gasteiger partial charge is 0.369 e. The summed E-state index contributed by atoms with van der Waals surface area (Å²) in [5.41, 5.74) is 0. The maximum atomic E-state index is 12.8. The minimum absolute atomic E-state index is 0.124. The van der Waals surface area contributed by atoms with Crippen LogP contribution in [0.4, 0.5) is 4.79 Å². The summed E-state index contributed by atoms with van der Waals surface area (Å²) in [5.74, 6) is 0. The number of hydrogen-bond donors (Lipinski definition) is 0. The lowest BCUT2D eigenvalue weighted by molar-refractivity contribution is -0.135. The molecule has 0 aromatic rings. The van der Waals surface area contributed by atoms with E-state index in [2.05, 4.69) is 0 Å². The van der Waals surface area contributed by atoms with Crippen LogP contribution in [0.3, 0.4) is 0 Å². The van der Waals surface area contributed by atoms with Crippen LogP contribution in [0.5, 0.6) is 0 Å². The predicted octanol–water partition coefficient (Wildman–Crippen LogP) is -0.908. The number of nitrogens with zero attached hydrogens (tertiary/aromatic N) is 4. The lowest BCUT2D eigenvalue weighted by Gasteiger charge is -2.43. The van der Waals surface area contributed by atoms with Crippen molar-refractivity contribution >= 4 is 6.03 Å². The molecule has 0 aromatic heterocycles. The van der Waals surface area contributed by atoms with Crippen molar-refractivity contribution in [3.63, 3.8) is 0 Å². The van der Waals surface area contributed by atoms with E-state index in [4.69, 9.17) is 23.7 Å². The number of piperazine rings is 1. The van der Waals surface area contributed by atoms with Crippen molar-refractivity contribution in [2.75, 3.05) is 55.4 Å². The molecule has 3 saturated heterocycles. The number of carbonyl (C=O) groups excluding carboxylic acids is 1. The van der Waals surface area contributed by atoms with Crippen LogP contribution in [0.25, 0.3) is 0 Å². The Balaban J connectivity index is 1.93. The van der Waals surface area contributed by atoms with Crippen molar-refractivity contribution in [2.45, 2.75) is 24.8 Å². The average molecular weight is 332 g/mol. The zero-order chi connectivity index (χ0) is 16.6. The number of rotatable bonds is 8. The van der Waals surface area contributed by atoms with Crippen molar-refractivity contribution < 1.29 is 28.5 Å². The molecular formula is C13H24N4O6. The Morgan fingerprint density at radius 3 is 1.52 bits per heavy atom. The molecule has 4 unspecified atom stereocenters. The maximum Gasteiger partial charge on any atom is 0.326 e. The normalized spacial score (nSPS) is 34.0. The zero-order valence-electron chi connectivity index (χ0n) is 13.9. The SMILES string of the molecule is COCN1C(=O)N(COC)C2C1N(COC)C1OC1N2COC. The van der Waals surface area contributed by atoms with Crippen LogP contribution in [-0.4, -0.2) is 106 Å². The topological polar surface area (TPSA) is 79.5 Å². The Morgan fingerprint density at radius 1 is 0.783 bits per heavy atom. The van der Waals surface area contributed by atoms with Gasteiger partial charge in [-0.15, -0.1) is 0 Å². The summed E-state index contributed by atoms with van der Waals surface area (Å²) in [7, 11) is 6.37. The zero-order valence-corrected chi connectivity index (χ0v) is 13.9. The summed E-state index contributed by atoms with van der Waals surface area (Å²) in [6.45, 7) is 1.08. The summed E-state index contributed by atoms with van der Waals surface area (Å²) < 4.78 is 26.8. The van der Waals surface area contributed by atoms with Crippen LogP contribution in [0.2, 0.25) is 0 Å². The van der Waals surface area contributed by atoms with Gasteiger partial charge in [-0.1, -0.05) is 0 Å². The molecule has 4 atom stereocenters. The molecule has 3 heterocycles. The highest BCUT2D eigenvalue weighted by Crippen LogP contribution is 2.43. The molecule has 0 aliphatic carbocycles. The second kappa shape index (κ2) is 6.85. The molecule has 0 saturated carbocycles. The summed E-state index contributed by atoms with van der Waals surface area (Å²) in [5, 5.41) is 0. The predicted molar refractivity (Wildman–Crippen MR) is 76.5 cm³/mol. The van der Waals surface area contributed by atoms with Crippen LogP contribution >= 0.6 is 0 Å². The Kier molecular flexibility index (Phi) is 5.01. The third kappa shape index (κ3) is 2.70. The third-order valence-electron chi connectivity index (χ3n) is 4.27. The van der Waals surface area contributed by atoms with Gasteiger partial charge in [0.2, 0.25) is 0 Å². The second-order valence-corrected chi connectivity index (χ2v) is 5.67. The summed E-state index contributed by atoms with van der Waals surface area (Å²) in [4.78, 5) is 20.1. The molecule has 2 amide bonds. The first-order chi connectivity index (χ1) is 11.2. The first-order valence-corrected chi connectivity index (χ1v) is 7.39. The molecule has 3 rings (SSSR count). The molecule has 23 heavy (non-hydrogen) atoms. The average Bonchev–Trinajstić information content (AvgIpc) is 3.28. The van der Waals surface area contributed by atoms with Gasteiger partial charge in [-0.05, 0) is 0 Å². The molecule has 0 bridgehead atoms. The Morgan fingerprint density at radius 2 is 1.17 bits per heavy atom. The number of ether oxygens (including phenoxy) is 5. The Labute approximate surface area is 135 Å². The third-order valence-corrected chi connectivity index (χ3v) is 4.27. The fraction of sp³-hybridized carbons (Fsp3) is 0.923. The number of urea groups is 1. The quantitative estimate of drug-likeness (QED) is 0.529. The van der Waals surface area contributed by atoms with Crippen LogP contribution in [0, 0.1) is 0 Å². The standard InChI is InChI=1S/C13H24N4O6/c1-19-5-14-9-10(15(6-20-2)12-11(14)23-12)17(8-22-4)13(18)16(9)7-21-3/h9-12H,5-8H2,1-4H3. The van der Waals surface area contributed by atoms with E-state index in [-0.39, 0.29) is 44.3 Å². The van der Waals surface area contributed by atoms with E-state index in [1.807, 2.05) is 9.80 Å². The molecule has 0 radical (unpaired) electrons. The van der Waals surface area contributed by atoms with Crippen molar-refractivity contribution in [3.8, 4) is 0 Å². The summed E-state index contributed by atoms with van der Waals surface area (Å²) in [6, 6.07) is -0.146. The van der Waals surface area contributed by atoms with E-state index in [1.165, 1.54) is 0 Å². The van der Waals surface area contributed by atoms with Gasteiger partial charge in [0.25, 0.3) is 0 Å².